The number of likely N-dealkylation sites (tertiary alicyclic amines) is 1. The van der Waals surface area contributed by atoms with Crippen molar-refractivity contribution in [1.82, 2.24) is 10.2 Å². The monoisotopic (exact) mass is 294 g/mol. The molecule has 21 heavy (non-hydrogen) atoms. The third kappa shape index (κ3) is 5.01. The van der Waals surface area contributed by atoms with Gasteiger partial charge in [0.1, 0.15) is 0 Å². The Morgan fingerprint density at radius 1 is 1.05 bits per heavy atom. The summed E-state index contributed by atoms with van der Waals surface area (Å²) < 4.78 is 0. The van der Waals surface area contributed by atoms with Crippen molar-refractivity contribution in [3.8, 4) is 0 Å². The van der Waals surface area contributed by atoms with E-state index in [2.05, 4.69) is 10.2 Å². The largest absolute Gasteiger partial charge is 0.356 e. The molecule has 2 fully saturated rings. The van der Waals surface area contributed by atoms with E-state index in [1.807, 2.05) is 0 Å². The van der Waals surface area contributed by atoms with Gasteiger partial charge in [-0.3, -0.25) is 9.59 Å². The number of hydrogen-bond donors (Lipinski definition) is 1. The summed E-state index contributed by atoms with van der Waals surface area (Å²) in [6.45, 7) is 3.25. The lowest BCUT2D eigenvalue weighted by Crippen LogP contribution is -2.49. The van der Waals surface area contributed by atoms with Crippen LogP contribution >= 0.6 is 0 Å². The highest BCUT2D eigenvalue weighted by Gasteiger charge is 2.35. The van der Waals surface area contributed by atoms with Crippen LogP contribution in [0.15, 0.2) is 0 Å². The fourth-order valence-electron chi connectivity index (χ4n) is 3.92. The average molecular weight is 294 g/mol. The summed E-state index contributed by atoms with van der Waals surface area (Å²) in [6.07, 6.45) is 11.3. The maximum absolute atomic E-state index is 12.5. The van der Waals surface area contributed by atoms with Crippen LogP contribution in [0, 0.1) is 5.92 Å². The zero-order valence-corrected chi connectivity index (χ0v) is 13.4. The van der Waals surface area contributed by atoms with Crippen LogP contribution in [0.4, 0.5) is 0 Å². The topological polar surface area (TPSA) is 49.4 Å². The molecule has 2 unspecified atom stereocenters. The van der Waals surface area contributed by atoms with Gasteiger partial charge in [0.25, 0.3) is 0 Å². The summed E-state index contributed by atoms with van der Waals surface area (Å²) in [4.78, 5) is 25.4. The summed E-state index contributed by atoms with van der Waals surface area (Å²) >= 11 is 0. The van der Waals surface area contributed by atoms with Gasteiger partial charge >= 0.3 is 0 Å². The Morgan fingerprint density at radius 2 is 1.81 bits per heavy atom. The fourth-order valence-corrected chi connectivity index (χ4v) is 3.92. The van der Waals surface area contributed by atoms with Gasteiger partial charge in [0.15, 0.2) is 0 Å². The predicted octanol–water partition coefficient (Wildman–Crippen LogP) is 2.86. The maximum Gasteiger partial charge on any atom is 0.222 e. The number of piperidine rings is 1. The smallest absolute Gasteiger partial charge is 0.222 e. The average Bonchev–Trinajstić information content (AvgIpc) is 2.49. The minimum Gasteiger partial charge on any atom is -0.356 e. The molecular weight excluding hydrogens is 264 g/mol. The highest BCUT2D eigenvalue weighted by Crippen LogP contribution is 2.35. The van der Waals surface area contributed by atoms with E-state index < -0.39 is 0 Å². The predicted molar refractivity (Wildman–Crippen MR) is 83.8 cm³/mol. The van der Waals surface area contributed by atoms with Gasteiger partial charge in [-0.1, -0.05) is 19.3 Å². The molecule has 1 saturated heterocycles. The van der Waals surface area contributed by atoms with E-state index >= 15 is 0 Å². The molecule has 0 radical (unpaired) electrons. The van der Waals surface area contributed by atoms with Gasteiger partial charge in [-0.25, -0.2) is 0 Å². The second-order valence-corrected chi connectivity index (χ2v) is 6.63. The molecule has 2 rings (SSSR count). The number of amides is 2. The molecule has 4 heteroatoms. The SMILES string of the molecule is CC(=O)NCCCCCC(=O)N1CCCC2CCCCC21. The van der Waals surface area contributed by atoms with Crippen molar-refractivity contribution >= 4 is 11.8 Å². The number of hydrogen-bond acceptors (Lipinski definition) is 2. The van der Waals surface area contributed by atoms with E-state index in [1.165, 1.54) is 38.5 Å². The third-order valence-electron chi connectivity index (χ3n) is 5.00. The Bertz CT molecular complexity index is 355. The van der Waals surface area contributed by atoms with Gasteiger partial charge in [0, 0.05) is 32.5 Å². The molecule has 0 bridgehead atoms. The van der Waals surface area contributed by atoms with Crippen LogP contribution in [0.25, 0.3) is 0 Å². The molecule has 1 aliphatic carbocycles. The first-order chi connectivity index (χ1) is 10.2. The lowest BCUT2D eigenvalue weighted by Gasteiger charge is -2.44. The van der Waals surface area contributed by atoms with Crippen molar-refractivity contribution < 1.29 is 9.59 Å². The van der Waals surface area contributed by atoms with Gasteiger partial charge in [0.2, 0.25) is 11.8 Å². The summed E-state index contributed by atoms with van der Waals surface area (Å²) in [5, 5.41) is 2.80. The molecule has 4 nitrogen and oxygen atoms in total. The van der Waals surface area contributed by atoms with Crippen molar-refractivity contribution in [1.29, 1.82) is 0 Å². The Hall–Kier alpha value is -1.06. The number of fused-ring (bicyclic) bond motifs is 1. The van der Waals surface area contributed by atoms with E-state index in [4.69, 9.17) is 0 Å². The van der Waals surface area contributed by atoms with Crippen molar-refractivity contribution in [2.75, 3.05) is 13.1 Å². The highest BCUT2D eigenvalue weighted by atomic mass is 16.2. The fraction of sp³-hybridized carbons (Fsp3) is 0.882. The molecule has 1 aliphatic heterocycles. The van der Waals surface area contributed by atoms with Crippen LogP contribution in [-0.2, 0) is 9.59 Å². The van der Waals surface area contributed by atoms with E-state index in [0.29, 0.717) is 18.4 Å². The van der Waals surface area contributed by atoms with Crippen LogP contribution in [0.1, 0.15) is 71.1 Å². The normalized spacial score (nSPS) is 25.3. The first-order valence-electron chi connectivity index (χ1n) is 8.72. The number of carbonyl (C=O) groups excluding carboxylic acids is 2. The van der Waals surface area contributed by atoms with Gasteiger partial charge in [0.05, 0.1) is 0 Å². The Balaban J connectivity index is 1.66. The molecule has 2 amide bonds. The standard InChI is InChI=1S/C17H30N2O2/c1-14(20)18-12-6-2-3-11-17(21)19-13-7-9-15-8-4-5-10-16(15)19/h15-16H,2-13H2,1H3,(H,18,20). The molecule has 1 N–H and O–H groups in total. The number of unbranched alkanes of at least 4 members (excludes halogenated alkanes) is 2. The van der Waals surface area contributed by atoms with Crippen molar-refractivity contribution in [2.24, 2.45) is 5.92 Å². The van der Waals surface area contributed by atoms with Crippen LogP contribution in [0.5, 0.6) is 0 Å². The van der Waals surface area contributed by atoms with Crippen LogP contribution in [-0.4, -0.2) is 35.8 Å². The lowest BCUT2D eigenvalue weighted by atomic mass is 9.78. The van der Waals surface area contributed by atoms with Gasteiger partial charge in [-0.2, -0.15) is 0 Å². The van der Waals surface area contributed by atoms with Crippen molar-refractivity contribution in [3.05, 3.63) is 0 Å². The summed E-state index contributed by atoms with van der Waals surface area (Å²) in [5.74, 6) is 1.17. The molecule has 1 saturated carbocycles. The van der Waals surface area contributed by atoms with E-state index in [1.54, 1.807) is 6.92 Å². The molecule has 2 aliphatic rings. The number of rotatable bonds is 6. The maximum atomic E-state index is 12.5. The van der Waals surface area contributed by atoms with E-state index in [9.17, 15) is 9.59 Å². The minimum absolute atomic E-state index is 0.0303. The quantitative estimate of drug-likeness (QED) is 0.766. The zero-order chi connectivity index (χ0) is 15.1. The van der Waals surface area contributed by atoms with E-state index in [-0.39, 0.29) is 5.91 Å². The van der Waals surface area contributed by atoms with Crippen LogP contribution < -0.4 is 5.32 Å². The van der Waals surface area contributed by atoms with Crippen molar-refractivity contribution in [2.45, 2.75) is 77.2 Å². The molecule has 0 spiro atoms. The minimum atomic E-state index is 0.0303. The molecule has 0 aromatic rings. The first kappa shape index (κ1) is 16.3. The molecule has 2 atom stereocenters. The molecule has 1 heterocycles. The lowest BCUT2D eigenvalue weighted by molar-refractivity contribution is -0.137. The summed E-state index contributed by atoms with van der Waals surface area (Å²) in [7, 11) is 0. The Kier molecular flexibility index (Phi) is 6.52. The highest BCUT2D eigenvalue weighted by molar-refractivity contribution is 5.76. The third-order valence-corrected chi connectivity index (χ3v) is 5.00. The van der Waals surface area contributed by atoms with Gasteiger partial charge in [-0.15, -0.1) is 0 Å². The van der Waals surface area contributed by atoms with Crippen molar-refractivity contribution in [3.63, 3.8) is 0 Å². The second kappa shape index (κ2) is 8.40. The zero-order valence-electron chi connectivity index (χ0n) is 13.4. The molecule has 120 valence electrons. The van der Waals surface area contributed by atoms with Gasteiger partial charge in [-0.05, 0) is 44.4 Å². The molecule has 0 aromatic carbocycles. The number of nitrogens with zero attached hydrogens (tertiary/aromatic N) is 1. The molecular formula is C17H30N2O2. The summed E-state index contributed by atoms with van der Waals surface area (Å²) in [5.41, 5.74) is 0. The Morgan fingerprint density at radius 3 is 2.62 bits per heavy atom. The Labute approximate surface area is 128 Å². The number of carbonyl (C=O) groups is 2. The summed E-state index contributed by atoms with van der Waals surface area (Å²) in [6, 6.07) is 0.541. The van der Waals surface area contributed by atoms with Gasteiger partial charge < -0.3 is 10.2 Å². The van der Waals surface area contributed by atoms with Crippen LogP contribution in [0.3, 0.4) is 0 Å². The van der Waals surface area contributed by atoms with E-state index in [0.717, 1.165) is 38.3 Å². The number of nitrogens with one attached hydrogen (secondary N) is 1. The first-order valence-corrected chi connectivity index (χ1v) is 8.72. The second-order valence-electron chi connectivity index (χ2n) is 6.63. The van der Waals surface area contributed by atoms with Crippen LogP contribution in [0.2, 0.25) is 0 Å². The molecule has 0 aromatic heterocycles.